The molecule has 3 aromatic rings. The van der Waals surface area contributed by atoms with E-state index in [1.165, 1.54) is 37.8 Å². The second-order valence-corrected chi connectivity index (χ2v) is 10.2. The summed E-state index contributed by atoms with van der Waals surface area (Å²) in [5.74, 6) is -0.629. The average Bonchev–Trinajstić information content (AvgIpc) is 3.56. The molecule has 0 atom stereocenters. The van der Waals surface area contributed by atoms with Crippen molar-refractivity contribution in [2.24, 2.45) is 5.92 Å². The molecule has 1 aromatic heterocycles. The van der Waals surface area contributed by atoms with Gasteiger partial charge in [-0.1, -0.05) is 56.0 Å². The minimum absolute atomic E-state index is 0.144. The van der Waals surface area contributed by atoms with Gasteiger partial charge in [-0.25, -0.2) is 8.78 Å². The third kappa shape index (κ3) is 5.31. The molecule has 1 saturated heterocycles. The lowest BCUT2D eigenvalue weighted by molar-refractivity contribution is -0.133. The van der Waals surface area contributed by atoms with Gasteiger partial charge < -0.3 is 14.4 Å². The summed E-state index contributed by atoms with van der Waals surface area (Å²) in [6.07, 6.45) is 6.58. The van der Waals surface area contributed by atoms with Crippen LogP contribution in [0.1, 0.15) is 54.6 Å². The first-order valence-electron chi connectivity index (χ1n) is 13.2. The van der Waals surface area contributed by atoms with E-state index in [-0.39, 0.29) is 17.5 Å². The second-order valence-electron chi connectivity index (χ2n) is 10.2. The van der Waals surface area contributed by atoms with Crippen molar-refractivity contribution >= 4 is 11.8 Å². The summed E-state index contributed by atoms with van der Waals surface area (Å²) in [7, 11) is 0. The summed E-state index contributed by atoms with van der Waals surface area (Å²) < 4.78 is 30.2. The van der Waals surface area contributed by atoms with E-state index in [1.54, 1.807) is 22.5 Å². The molecule has 2 heterocycles. The number of carbonyl (C=O) groups is 2. The van der Waals surface area contributed by atoms with Crippen LogP contribution in [-0.4, -0.2) is 52.4 Å². The van der Waals surface area contributed by atoms with Crippen molar-refractivity contribution in [3.63, 3.8) is 0 Å². The normalized spacial score (nSPS) is 16.4. The predicted octanol–water partition coefficient (Wildman–Crippen LogP) is 5.99. The Bertz CT molecular complexity index is 1270. The molecule has 0 N–H and O–H groups in total. The fourth-order valence-corrected chi connectivity index (χ4v) is 5.73. The summed E-state index contributed by atoms with van der Waals surface area (Å²) in [5, 5.41) is 0. The summed E-state index contributed by atoms with van der Waals surface area (Å²) >= 11 is 0. The molecule has 7 heteroatoms. The van der Waals surface area contributed by atoms with E-state index in [4.69, 9.17) is 0 Å². The largest absolute Gasteiger partial charge is 0.339 e. The maximum Gasteiger partial charge on any atom is 0.255 e. The summed E-state index contributed by atoms with van der Waals surface area (Å²) in [6, 6.07) is 14.7. The number of benzene rings is 2. The lowest BCUT2D eigenvalue weighted by Gasteiger charge is -2.35. The fraction of sp³-hybridized carbons (Fsp3) is 0.400. The maximum absolute atomic E-state index is 14.9. The molecule has 194 valence electrons. The summed E-state index contributed by atoms with van der Waals surface area (Å²) in [4.78, 5) is 30.0. The lowest BCUT2D eigenvalue weighted by atomic mass is 10.0. The molecule has 0 radical (unpaired) electrons. The molecule has 5 rings (SSSR count). The Morgan fingerprint density at radius 2 is 1.57 bits per heavy atom. The number of hydrogen-bond acceptors (Lipinski definition) is 2. The van der Waals surface area contributed by atoms with E-state index in [2.05, 4.69) is 0 Å². The lowest BCUT2D eigenvalue weighted by Crippen LogP contribution is -2.50. The molecule has 2 fully saturated rings. The van der Waals surface area contributed by atoms with Crippen molar-refractivity contribution in [2.45, 2.75) is 45.4 Å². The molecular formula is C30H33F2N3O2. The van der Waals surface area contributed by atoms with E-state index in [0.29, 0.717) is 55.5 Å². The van der Waals surface area contributed by atoms with Gasteiger partial charge in [0.05, 0.1) is 16.9 Å². The topological polar surface area (TPSA) is 45.6 Å². The molecule has 2 aromatic carbocycles. The van der Waals surface area contributed by atoms with Crippen LogP contribution in [0.5, 0.6) is 0 Å². The minimum atomic E-state index is -0.695. The monoisotopic (exact) mass is 505 g/mol. The minimum Gasteiger partial charge on any atom is -0.339 e. The van der Waals surface area contributed by atoms with Crippen molar-refractivity contribution in [3.8, 4) is 16.9 Å². The number of halogens is 2. The molecule has 1 aliphatic heterocycles. The average molecular weight is 506 g/mol. The molecule has 5 nitrogen and oxygen atoms in total. The highest BCUT2D eigenvalue weighted by atomic mass is 19.1. The van der Waals surface area contributed by atoms with E-state index in [0.717, 1.165) is 18.1 Å². The molecule has 0 spiro atoms. The van der Waals surface area contributed by atoms with Gasteiger partial charge in [0.15, 0.2) is 0 Å². The van der Waals surface area contributed by atoms with Crippen molar-refractivity contribution in [1.82, 2.24) is 14.4 Å². The van der Waals surface area contributed by atoms with Gasteiger partial charge in [0, 0.05) is 44.4 Å². The van der Waals surface area contributed by atoms with Gasteiger partial charge in [-0.15, -0.1) is 0 Å². The fourth-order valence-electron chi connectivity index (χ4n) is 5.73. The van der Waals surface area contributed by atoms with Crippen molar-refractivity contribution in [2.75, 3.05) is 26.2 Å². The first kappa shape index (κ1) is 25.2. The zero-order valence-corrected chi connectivity index (χ0v) is 21.3. The third-order valence-electron chi connectivity index (χ3n) is 7.86. The Hall–Kier alpha value is -3.48. The van der Waals surface area contributed by atoms with Crippen LogP contribution in [0.2, 0.25) is 0 Å². The van der Waals surface area contributed by atoms with Gasteiger partial charge in [0.25, 0.3) is 5.91 Å². The van der Waals surface area contributed by atoms with Crippen LogP contribution in [0.25, 0.3) is 16.9 Å². The smallest absolute Gasteiger partial charge is 0.255 e. The molecule has 0 bridgehead atoms. The Balaban J connectivity index is 1.35. The first-order chi connectivity index (χ1) is 17.9. The molecule has 0 unspecified atom stereocenters. The number of aromatic nitrogens is 1. The van der Waals surface area contributed by atoms with Crippen LogP contribution >= 0.6 is 0 Å². The van der Waals surface area contributed by atoms with Crippen LogP contribution in [0.4, 0.5) is 8.78 Å². The highest BCUT2D eigenvalue weighted by Crippen LogP contribution is 2.32. The quantitative estimate of drug-likeness (QED) is 0.413. The Morgan fingerprint density at radius 3 is 2.24 bits per heavy atom. The maximum atomic E-state index is 14.9. The van der Waals surface area contributed by atoms with Crippen LogP contribution in [0, 0.1) is 24.5 Å². The third-order valence-corrected chi connectivity index (χ3v) is 7.86. The molecular weight excluding hydrogens is 472 g/mol. The van der Waals surface area contributed by atoms with E-state index < -0.39 is 11.6 Å². The molecule has 2 aliphatic rings. The summed E-state index contributed by atoms with van der Waals surface area (Å²) in [5.41, 5.74) is 2.74. The Kier molecular flexibility index (Phi) is 7.40. The number of rotatable bonds is 6. The van der Waals surface area contributed by atoms with Crippen molar-refractivity contribution < 1.29 is 18.4 Å². The van der Waals surface area contributed by atoms with Gasteiger partial charge in [-0.05, 0) is 43.0 Å². The van der Waals surface area contributed by atoms with Gasteiger partial charge in [0.2, 0.25) is 5.91 Å². The highest BCUT2D eigenvalue weighted by molar-refractivity contribution is 5.97. The first-order valence-corrected chi connectivity index (χ1v) is 13.2. The number of hydrogen-bond donors (Lipinski definition) is 0. The van der Waals surface area contributed by atoms with E-state index in [9.17, 15) is 18.4 Å². The Morgan fingerprint density at radius 1 is 0.892 bits per heavy atom. The van der Waals surface area contributed by atoms with Crippen LogP contribution in [0.15, 0.2) is 54.6 Å². The zero-order chi connectivity index (χ0) is 25.9. The highest BCUT2D eigenvalue weighted by Gasteiger charge is 2.29. The van der Waals surface area contributed by atoms with E-state index in [1.807, 2.05) is 35.2 Å². The second kappa shape index (κ2) is 10.9. The standard InChI is InChI=1S/C30H33F2N3O2/c1-21-25(30(37)34-17-15-33(16-18-34)29(36)14-11-22-7-5-6-8-22)20-28(23-9-3-2-4-10-23)35(21)27-13-12-24(31)19-26(27)32/h2-4,9-10,12-13,19-20,22H,5-8,11,14-18H2,1H3. The predicted molar refractivity (Wildman–Crippen MR) is 140 cm³/mol. The van der Waals surface area contributed by atoms with Crippen molar-refractivity contribution in [1.29, 1.82) is 0 Å². The molecule has 1 saturated carbocycles. The molecule has 1 aliphatic carbocycles. The molecule has 37 heavy (non-hydrogen) atoms. The number of nitrogens with zero attached hydrogens (tertiary/aromatic N) is 3. The van der Waals surface area contributed by atoms with E-state index >= 15 is 0 Å². The SMILES string of the molecule is Cc1c(C(=O)N2CCN(C(=O)CCC3CCCC3)CC2)cc(-c2ccccc2)n1-c1ccc(F)cc1F. The van der Waals surface area contributed by atoms with Crippen LogP contribution in [-0.2, 0) is 4.79 Å². The summed E-state index contributed by atoms with van der Waals surface area (Å²) in [6.45, 7) is 3.75. The van der Waals surface area contributed by atoms with Crippen LogP contribution in [0.3, 0.4) is 0 Å². The number of piperazine rings is 1. The van der Waals surface area contributed by atoms with Gasteiger partial charge in [0.1, 0.15) is 11.6 Å². The molecule has 2 amide bonds. The Labute approximate surface area is 216 Å². The van der Waals surface area contributed by atoms with Crippen molar-refractivity contribution in [3.05, 3.63) is 77.5 Å². The number of amides is 2. The zero-order valence-electron chi connectivity index (χ0n) is 21.3. The van der Waals surface area contributed by atoms with Gasteiger partial charge in [-0.2, -0.15) is 0 Å². The van der Waals surface area contributed by atoms with Crippen LogP contribution < -0.4 is 0 Å². The van der Waals surface area contributed by atoms with Gasteiger partial charge in [-0.3, -0.25) is 9.59 Å². The van der Waals surface area contributed by atoms with Gasteiger partial charge >= 0.3 is 0 Å². The number of carbonyl (C=O) groups excluding carboxylic acids is 2.